The number of rotatable bonds is 7. The highest BCUT2D eigenvalue weighted by Crippen LogP contribution is 2.25. The van der Waals surface area contributed by atoms with E-state index in [1.807, 2.05) is 0 Å². The Labute approximate surface area is 142 Å². The summed E-state index contributed by atoms with van der Waals surface area (Å²) in [4.78, 5) is 4.66. The summed E-state index contributed by atoms with van der Waals surface area (Å²) in [5.41, 5.74) is 0. The van der Waals surface area contributed by atoms with Gasteiger partial charge in [-0.1, -0.05) is 23.2 Å². The molecule has 0 spiro atoms. The molecule has 2 atom stereocenters. The fourth-order valence-electron chi connectivity index (χ4n) is 3.11. The zero-order valence-electron chi connectivity index (χ0n) is 13.1. The third-order valence-corrected chi connectivity index (χ3v) is 4.78. The van der Waals surface area contributed by atoms with Crippen LogP contribution in [0.15, 0.2) is 18.2 Å². The highest BCUT2D eigenvalue weighted by Gasteiger charge is 2.32. The first-order valence-corrected chi connectivity index (χ1v) is 8.41. The second kappa shape index (κ2) is 8.37. The largest absolute Gasteiger partial charge is 0.492 e. The van der Waals surface area contributed by atoms with Gasteiger partial charge in [0, 0.05) is 41.8 Å². The molecule has 1 aliphatic heterocycles. The Hall–Kier alpha value is -0.520. The maximum atomic E-state index is 9.06. The third kappa shape index (κ3) is 4.74. The van der Waals surface area contributed by atoms with E-state index in [0.29, 0.717) is 34.5 Å². The van der Waals surface area contributed by atoms with Crippen LogP contribution in [0.3, 0.4) is 0 Å². The Balaban J connectivity index is 1.80. The van der Waals surface area contributed by atoms with Gasteiger partial charge in [-0.05, 0) is 38.6 Å². The Morgan fingerprint density at radius 1 is 1.32 bits per heavy atom. The second-order valence-corrected chi connectivity index (χ2v) is 6.66. The maximum Gasteiger partial charge on any atom is 0.122 e. The van der Waals surface area contributed by atoms with Gasteiger partial charge in [-0.2, -0.15) is 0 Å². The maximum absolute atomic E-state index is 9.06. The summed E-state index contributed by atoms with van der Waals surface area (Å²) < 4.78 is 5.76. The summed E-state index contributed by atoms with van der Waals surface area (Å²) >= 11 is 11.9. The zero-order chi connectivity index (χ0) is 16.1. The van der Waals surface area contributed by atoms with Gasteiger partial charge in [0.05, 0.1) is 6.61 Å². The van der Waals surface area contributed by atoms with E-state index in [9.17, 15) is 0 Å². The summed E-state index contributed by atoms with van der Waals surface area (Å²) in [6.07, 6.45) is 1.13. The van der Waals surface area contributed by atoms with Crippen molar-refractivity contribution < 1.29 is 9.84 Å². The van der Waals surface area contributed by atoms with E-state index >= 15 is 0 Å². The molecule has 0 saturated carbocycles. The number of likely N-dealkylation sites (tertiary alicyclic amines) is 1. The molecule has 1 aliphatic rings. The van der Waals surface area contributed by atoms with Crippen LogP contribution < -0.4 is 4.74 Å². The van der Waals surface area contributed by atoms with E-state index in [1.165, 1.54) is 0 Å². The fourth-order valence-corrected chi connectivity index (χ4v) is 3.61. The smallest absolute Gasteiger partial charge is 0.122 e. The Bertz CT molecular complexity index is 467. The van der Waals surface area contributed by atoms with E-state index in [4.69, 9.17) is 33.0 Å². The van der Waals surface area contributed by atoms with Crippen LogP contribution in [0.5, 0.6) is 5.75 Å². The number of aliphatic hydroxyl groups excluding tert-OH is 1. The minimum Gasteiger partial charge on any atom is -0.492 e. The molecule has 4 nitrogen and oxygen atoms in total. The number of halogens is 2. The highest BCUT2D eigenvalue weighted by atomic mass is 35.5. The first-order chi connectivity index (χ1) is 10.5. The summed E-state index contributed by atoms with van der Waals surface area (Å²) in [6.45, 7) is 5.70. The Morgan fingerprint density at radius 2 is 2.00 bits per heavy atom. The van der Waals surface area contributed by atoms with Crippen LogP contribution >= 0.6 is 23.2 Å². The van der Waals surface area contributed by atoms with E-state index < -0.39 is 0 Å². The summed E-state index contributed by atoms with van der Waals surface area (Å²) in [5, 5.41) is 10.2. The Kier molecular flexibility index (Phi) is 6.78. The molecule has 0 aromatic heterocycles. The first-order valence-electron chi connectivity index (χ1n) is 7.65. The molecule has 1 fully saturated rings. The lowest BCUT2D eigenvalue weighted by Gasteiger charge is -2.30. The molecule has 124 valence electrons. The number of hydrogen-bond donors (Lipinski definition) is 1. The predicted octanol–water partition coefficient (Wildman–Crippen LogP) is 2.76. The molecule has 0 radical (unpaired) electrons. The highest BCUT2D eigenvalue weighted by molar-refractivity contribution is 6.34. The first kappa shape index (κ1) is 17.8. The Morgan fingerprint density at radius 3 is 2.64 bits per heavy atom. The number of nitrogens with zero attached hydrogens (tertiary/aromatic N) is 2. The minimum absolute atomic E-state index is 0.207. The van der Waals surface area contributed by atoms with Gasteiger partial charge in [0.2, 0.25) is 0 Å². The van der Waals surface area contributed by atoms with Crippen molar-refractivity contribution in [3.8, 4) is 5.75 Å². The number of ether oxygens (including phenoxy) is 1. The predicted molar refractivity (Wildman–Crippen MR) is 91.1 cm³/mol. The molecule has 0 amide bonds. The molecule has 0 aliphatic carbocycles. The van der Waals surface area contributed by atoms with Crippen LogP contribution in [0.25, 0.3) is 0 Å². The van der Waals surface area contributed by atoms with Gasteiger partial charge in [0.15, 0.2) is 0 Å². The lowest BCUT2D eigenvalue weighted by atomic mass is 10.1. The average Bonchev–Trinajstić information content (AvgIpc) is 2.79. The molecule has 1 heterocycles. The van der Waals surface area contributed by atoms with Crippen molar-refractivity contribution >= 4 is 23.2 Å². The van der Waals surface area contributed by atoms with Crippen molar-refractivity contribution in [2.24, 2.45) is 0 Å². The van der Waals surface area contributed by atoms with Crippen LogP contribution in [-0.4, -0.2) is 66.9 Å². The number of aliphatic hydroxyl groups is 1. The number of likely N-dealkylation sites (N-methyl/N-ethyl adjacent to an activating group) is 1. The molecule has 6 heteroatoms. The van der Waals surface area contributed by atoms with Crippen LogP contribution in [0.2, 0.25) is 10.0 Å². The van der Waals surface area contributed by atoms with Gasteiger partial charge in [-0.15, -0.1) is 0 Å². The van der Waals surface area contributed by atoms with E-state index in [0.717, 1.165) is 26.1 Å². The minimum atomic E-state index is 0.207. The molecule has 1 saturated heterocycles. The second-order valence-electron chi connectivity index (χ2n) is 5.79. The van der Waals surface area contributed by atoms with Crippen molar-refractivity contribution in [3.63, 3.8) is 0 Å². The molecule has 0 bridgehead atoms. The van der Waals surface area contributed by atoms with Crippen molar-refractivity contribution in [1.29, 1.82) is 0 Å². The zero-order valence-corrected chi connectivity index (χ0v) is 14.6. The van der Waals surface area contributed by atoms with Crippen LogP contribution in [-0.2, 0) is 0 Å². The van der Waals surface area contributed by atoms with Gasteiger partial charge >= 0.3 is 0 Å². The topological polar surface area (TPSA) is 35.9 Å². The average molecular weight is 347 g/mol. The number of hydrogen-bond acceptors (Lipinski definition) is 4. The van der Waals surface area contributed by atoms with E-state index in [-0.39, 0.29) is 6.61 Å². The van der Waals surface area contributed by atoms with Crippen molar-refractivity contribution in [1.82, 2.24) is 9.80 Å². The quantitative estimate of drug-likeness (QED) is 0.823. The van der Waals surface area contributed by atoms with E-state index in [2.05, 4.69) is 23.8 Å². The summed E-state index contributed by atoms with van der Waals surface area (Å²) in [7, 11) is 2.07. The van der Waals surface area contributed by atoms with Crippen molar-refractivity contribution in [2.45, 2.75) is 25.4 Å². The van der Waals surface area contributed by atoms with Gasteiger partial charge in [-0.3, -0.25) is 9.80 Å². The molecule has 22 heavy (non-hydrogen) atoms. The lowest BCUT2D eigenvalue weighted by molar-refractivity contribution is 0.137. The van der Waals surface area contributed by atoms with Crippen LogP contribution in [0.4, 0.5) is 0 Å². The molecule has 0 unspecified atom stereocenters. The van der Waals surface area contributed by atoms with Gasteiger partial charge in [-0.25, -0.2) is 0 Å². The molecule has 2 rings (SSSR count). The van der Waals surface area contributed by atoms with Crippen molar-refractivity contribution in [2.75, 3.05) is 39.9 Å². The molecule has 1 aromatic rings. The summed E-state index contributed by atoms with van der Waals surface area (Å²) in [5.74, 6) is 0.707. The van der Waals surface area contributed by atoms with Gasteiger partial charge < -0.3 is 9.84 Å². The lowest BCUT2D eigenvalue weighted by Crippen LogP contribution is -2.43. The normalized spacial score (nSPS) is 22.5. The van der Waals surface area contributed by atoms with Gasteiger partial charge in [0.1, 0.15) is 12.4 Å². The van der Waals surface area contributed by atoms with Crippen LogP contribution in [0.1, 0.15) is 13.3 Å². The molecule has 1 N–H and O–H groups in total. The fraction of sp³-hybridized carbons (Fsp3) is 0.625. The van der Waals surface area contributed by atoms with Crippen LogP contribution in [0, 0.1) is 0 Å². The molecular formula is C16H24Cl2N2O2. The standard InChI is InChI=1S/C16H24Cl2N2O2/c1-12-16(19(2)5-7-21)3-4-20(12)6-8-22-15-10-13(17)9-14(18)11-15/h9-12,16,21H,3-8H2,1-2H3/t12-,16-/m1/s1. The van der Waals surface area contributed by atoms with Gasteiger partial charge in [0.25, 0.3) is 0 Å². The number of benzene rings is 1. The monoisotopic (exact) mass is 346 g/mol. The van der Waals surface area contributed by atoms with E-state index in [1.54, 1.807) is 18.2 Å². The SMILES string of the molecule is C[C@@H]1[C@H](N(C)CCO)CCN1CCOc1cc(Cl)cc(Cl)c1. The third-order valence-electron chi connectivity index (χ3n) is 4.35. The van der Waals surface area contributed by atoms with Crippen molar-refractivity contribution in [3.05, 3.63) is 28.2 Å². The molecular weight excluding hydrogens is 323 g/mol. The summed E-state index contributed by atoms with van der Waals surface area (Å²) in [6, 6.07) is 6.20. The molecule has 1 aromatic carbocycles.